The number of rotatable bonds is 7. The van der Waals surface area contributed by atoms with E-state index in [4.69, 9.17) is 9.84 Å². The number of benzene rings is 1. The molecule has 1 rings (SSSR count). The van der Waals surface area contributed by atoms with E-state index in [1.54, 1.807) is 19.2 Å². The Kier molecular flexibility index (Phi) is 6.88. The van der Waals surface area contributed by atoms with Gasteiger partial charge in [-0.3, -0.25) is 0 Å². The third-order valence-corrected chi connectivity index (χ3v) is 3.23. The van der Waals surface area contributed by atoms with Gasteiger partial charge in [-0.25, -0.2) is 0 Å². The van der Waals surface area contributed by atoms with Gasteiger partial charge in [0.15, 0.2) is 0 Å². The Morgan fingerprint density at radius 1 is 1.20 bits per heavy atom. The summed E-state index contributed by atoms with van der Waals surface area (Å²) >= 11 is 0. The second-order valence-corrected chi connectivity index (χ2v) is 4.99. The van der Waals surface area contributed by atoms with Crippen LogP contribution < -0.4 is 4.74 Å². The lowest BCUT2D eigenvalue weighted by Gasteiger charge is -2.08. The minimum Gasteiger partial charge on any atom is -0.508 e. The summed E-state index contributed by atoms with van der Waals surface area (Å²) < 4.78 is 5.17. The highest BCUT2D eigenvalue weighted by molar-refractivity contribution is 5.41. The van der Waals surface area contributed by atoms with Crippen LogP contribution >= 0.6 is 0 Å². The number of aliphatic hydroxyl groups is 1. The van der Waals surface area contributed by atoms with Gasteiger partial charge in [-0.2, -0.15) is 0 Å². The van der Waals surface area contributed by atoms with Crippen molar-refractivity contribution in [2.45, 2.75) is 33.1 Å². The number of ether oxygens (including phenoxy) is 1. The van der Waals surface area contributed by atoms with E-state index in [0.29, 0.717) is 12.2 Å². The van der Waals surface area contributed by atoms with Gasteiger partial charge in [0.2, 0.25) is 0 Å². The van der Waals surface area contributed by atoms with Crippen molar-refractivity contribution in [2.24, 2.45) is 0 Å². The molecule has 0 radical (unpaired) electrons. The predicted molar refractivity (Wildman–Crippen MR) is 82.2 cm³/mol. The van der Waals surface area contributed by atoms with Gasteiger partial charge in [0.05, 0.1) is 13.7 Å². The average molecular weight is 276 g/mol. The van der Waals surface area contributed by atoms with Gasteiger partial charge in [-0.05, 0) is 51.3 Å². The van der Waals surface area contributed by atoms with E-state index in [1.165, 1.54) is 11.1 Å². The second-order valence-electron chi connectivity index (χ2n) is 4.99. The number of methoxy groups -OCH3 is 1. The minimum absolute atomic E-state index is 0.103. The van der Waals surface area contributed by atoms with Gasteiger partial charge >= 0.3 is 0 Å². The van der Waals surface area contributed by atoms with E-state index >= 15 is 0 Å². The quantitative estimate of drug-likeness (QED) is 0.748. The monoisotopic (exact) mass is 276 g/mol. The maximum absolute atomic E-state index is 9.84. The van der Waals surface area contributed by atoms with Crippen LogP contribution in [0.5, 0.6) is 11.5 Å². The standard InChI is InChI=1S/C17H24O3/c1-13(9-10-18)5-4-6-14(2)11-15-12-16(20-3)7-8-17(15)19/h6-9,12,18-19H,4-5,10-11H2,1-3H3. The lowest BCUT2D eigenvalue weighted by molar-refractivity contribution is 0.341. The first-order chi connectivity index (χ1) is 9.56. The Morgan fingerprint density at radius 2 is 1.95 bits per heavy atom. The maximum atomic E-state index is 9.84. The Hall–Kier alpha value is -1.74. The third-order valence-electron chi connectivity index (χ3n) is 3.23. The summed E-state index contributed by atoms with van der Waals surface area (Å²) in [5, 5.41) is 18.6. The van der Waals surface area contributed by atoms with E-state index in [0.717, 1.165) is 24.2 Å². The van der Waals surface area contributed by atoms with Gasteiger partial charge in [0, 0.05) is 5.56 Å². The molecule has 3 heteroatoms. The van der Waals surface area contributed by atoms with Crippen LogP contribution in [0, 0.1) is 0 Å². The second kappa shape index (κ2) is 8.43. The first-order valence-corrected chi connectivity index (χ1v) is 6.84. The minimum atomic E-state index is 0.103. The van der Waals surface area contributed by atoms with E-state index in [-0.39, 0.29) is 6.61 Å². The SMILES string of the molecule is COc1ccc(O)c(CC(C)=CCCC(C)=CCO)c1. The zero-order valence-electron chi connectivity index (χ0n) is 12.5. The van der Waals surface area contributed by atoms with Crippen LogP contribution in [0.25, 0.3) is 0 Å². The molecule has 0 heterocycles. The molecular formula is C17H24O3. The van der Waals surface area contributed by atoms with Crippen LogP contribution in [0.2, 0.25) is 0 Å². The van der Waals surface area contributed by atoms with Crippen LogP contribution in [0.3, 0.4) is 0 Å². The Bertz CT molecular complexity index is 487. The van der Waals surface area contributed by atoms with Crippen LogP contribution in [0.1, 0.15) is 32.3 Å². The average Bonchev–Trinajstić information content (AvgIpc) is 2.41. The number of aromatic hydroxyl groups is 1. The number of hydrogen-bond acceptors (Lipinski definition) is 3. The van der Waals surface area contributed by atoms with Crippen molar-refractivity contribution in [3.63, 3.8) is 0 Å². The highest BCUT2D eigenvalue weighted by Gasteiger charge is 2.04. The molecule has 0 aliphatic carbocycles. The first kappa shape index (κ1) is 16.3. The lowest BCUT2D eigenvalue weighted by atomic mass is 10.0. The fraction of sp³-hybridized carbons (Fsp3) is 0.412. The van der Waals surface area contributed by atoms with Crippen molar-refractivity contribution < 1.29 is 14.9 Å². The maximum Gasteiger partial charge on any atom is 0.119 e. The molecule has 0 atom stereocenters. The summed E-state index contributed by atoms with van der Waals surface area (Å²) in [6, 6.07) is 5.28. The zero-order chi connectivity index (χ0) is 15.0. The van der Waals surface area contributed by atoms with Crippen LogP contribution in [-0.2, 0) is 6.42 Å². The molecule has 1 aromatic carbocycles. The van der Waals surface area contributed by atoms with Gasteiger partial charge in [0.1, 0.15) is 11.5 Å². The van der Waals surface area contributed by atoms with Gasteiger partial charge in [-0.15, -0.1) is 0 Å². The van der Waals surface area contributed by atoms with Crippen LogP contribution in [-0.4, -0.2) is 23.9 Å². The molecule has 1 aromatic rings. The van der Waals surface area contributed by atoms with Crippen molar-refractivity contribution >= 4 is 0 Å². The molecular weight excluding hydrogens is 252 g/mol. The van der Waals surface area contributed by atoms with E-state index in [1.807, 2.05) is 19.1 Å². The fourth-order valence-electron chi connectivity index (χ4n) is 2.01. The number of hydrogen-bond donors (Lipinski definition) is 2. The topological polar surface area (TPSA) is 49.7 Å². The summed E-state index contributed by atoms with van der Waals surface area (Å²) in [7, 11) is 1.62. The molecule has 0 aliphatic heterocycles. The van der Waals surface area contributed by atoms with Gasteiger partial charge < -0.3 is 14.9 Å². The molecule has 0 saturated heterocycles. The summed E-state index contributed by atoms with van der Waals surface area (Å²) in [5.41, 5.74) is 3.28. The molecule has 0 fully saturated rings. The molecule has 110 valence electrons. The molecule has 0 aliphatic rings. The molecule has 20 heavy (non-hydrogen) atoms. The van der Waals surface area contributed by atoms with E-state index in [2.05, 4.69) is 13.0 Å². The highest BCUT2D eigenvalue weighted by atomic mass is 16.5. The molecule has 0 spiro atoms. The largest absolute Gasteiger partial charge is 0.508 e. The summed E-state index contributed by atoms with van der Waals surface area (Å²) in [5.74, 6) is 1.06. The van der Waals surface area contributed by atoms with Crippen molar-refractivity contribution in [1.82, 2.24) is 0 Å². The van der Waals surface area contributed by atoms with Gasteiger partial charge in [0.25, 0.3) is 0 Å². The Morgan fingerprint density at radius 3 is 2.60 bits per heavy atom. The molecule has 0 aromatic heterocycles. The zero-order valence-corrected chi connectivity index (χ0v) is 12.5. The van der Waals surface area contributed by atoms with E-state index < -0.39 is 0 Å². The van der Waals surface area contributed by atoms with Crippen LogP contribution in [0.15, 0.2) is 41.5 Å². The predicted octanol–water partition coefficient (Wildman–Crippen LogP) is 3.61. The normalized spacial score (nSPS) is 12.6. The molecule has 2 N–H and O–H groups in total. The fourth-order valence-corrected chi connectivity index (χ4v) is 2.01. The van der Waals surface area contributed by atoms with Gasteiger partial charge in [-0.1, -0.05) is 23.3 Å². The number of allylic oxidation sites excluding steroid dienone is 3. The van der Waals surface area contributed by atoms with E-state index in [9.17, 15) is 5.11 Å². The highest BCUT2D eigenvalue weighted by Crippen LogP contribution is 2.25. The number of phenols is 1. The van der Waals surface area contributed by atoms with Crippen molar-refractivity contribution in [3.05, 3.63) is 47.1 Å². The van der Waals surface area contributed by atoms with Crippen molar-refractivity contribution in [3.8, 4) is 11.5 Å². The van der Waals surface area contributed by atoms with Crippen molar-refractivity contribution in [2.75, 3.05) is 13.7 Å². The number of aliphatic hydroxyl groups excluding tert-OH is 1. The lowest BCUT2D eigenvalue weighted by Crippen LogP contribution is -1.91. The summed E-state index contributed by atoms with van der Waals surface area (Å²) in [4.78, 5) is 0. The molecule has 0 amide bonds. The molecule has 0 unspecified atom stereocenters. The molecule has 0 bridgehead atoms. The molecule has 0 saturated carbocycles. The Balaban J connectivity index is 2.61. The number of phenolic OH excluding ortho intramolecular Hbond substituents is 1. The van der Waals surface area contributed by atoms with Crippen molar-refractivity contribution in [1.29, 1.82) is 0 Å². The smallest absolute Gasteiger partial charge is 0.119 e. The van der Waals surface area contributed by atoms with Crippen LogP contribution in [0.4, 0.5) is 0 Å². The molecule has 3 nitrogen and oxygen atoms in total. The summed E-state index contributed by atoms with van der Waals surface area (Å²) in [6.07, 6.45) is 6.61. The Labute approximate surface area is 121 Å². The third kappa shape index (κ3) is 5.49. The first-order valence-electron chi connectivity index (χ1n) is 6.84. The summed E-state index contributed by atoms with van der Waals surface area (Å²) in [6.45, 7) is 4.18.